The Morgan fingerprint density at radius 1 is 1.05 bits per heavy atom. The topological polar surface area (TPSA) is 62.7 Å². The number of nitrogens with zero attached hydrogens (tertiary/aromatic N) is 3. The summed E-state index contributed by atoms with van der Waals surface area (Å²) in [5.74, 6) is 0.660. The second-order valence-electron chi connectivity index (χ2n) is 9.20. The van der Waals surface area contributed by atoms with E-state index in [0.717, 1.165) is 28.1 Å². The lowest BCUT2D eigenvalue weighted by Crippen LogP contribution is -2.39. The largest absolute Gasteiger partial charge is 0.486 e. The van der Waals surface area contributed by atoms with Crippen LogP contribution in [0, 0.1) is 0 Å². The molecule has 0 bridgehead atoms. The summed E-state index contributed by atoms with van der Waals surface area (Å²) in [6, 6.07) is 26.0. The van der Waals surface area contributed by atoms with E-state index in [1.54, 1.807) is 24.3 Å². The molecule has 0 radical (unpaired) electrons. The Kier molecular flexibility index (Phi) is 7.32. The van der Waals surface area contributed by atoms with Crippen LogP contribution in [0.2, 0.25) is 0 Å². The van der Waals surface area contributed by atoms with Crippen LogP contribution in [0.4, 0.5) is 0 Å². The summed E-state index contributed by atoms with van der Waals surface area (Å²) in [7, 11) is 1.78. The summed E-state index contributed by atoms with van der Waals surface area (Å²) in [6.07, 6.45) is 0.812. The number of hydrogen-bond donors (Lipinski definition) is 0. The van der Waals surface area contributed by atoms with E-state index in [0.29, 0.717) is 24.5 Å². The molecule has 5 rings (SSSR count). The average Bonchev–Trinajstić information content (AvgIpc) is 3.40. The number of thiazole rings is 1. The number of ether oxygens (including phenoxy) is 1. The summed E-state index contributed by atoms with van der Waals surface area (Å²) in [5.41, 5.74) is 4.89. The van der Waals surface area contributed by atoms with Crippen LogP contribution in [-0.2, 0) is 24.4 Å². The number of carbonyl (C=O) groups is 2. The first-order chi connectivity index (χ1) is 18.0. The zero-order chi connectivity index (χ0) is 25.8. The van der Waals surface area contributed by atoms with Gasteiger partial charge < -0.3 is 14.5 Å². The Balaban J connectivity index is 1.29. The van der Waals surface area contributed by atoms with Crippen LogP contribution in [-0.4, -0.2) is 40.2 Å². The van der Waals surface area contributed by atoms with E-state index in [9.17, 15) is 9.59 Å². The highest BCUT2D eigenvalue weighted by Gasteiger charge is 2.30. The fraction of sp³-hybridized carbons (Fsp3) is 0.233. The number of amides is 2. The van der Waals surface area contributed by atoms with E-state index in [4.69, 9.17) is 4.74 Å². The second kappa shape index (κ2) is 11.0. The minimum atomic E-state index is -0.143. The predicted molar refractivity (Wildman–Crippen MR) is 145 cm³/mol. The highest BCUT2D eigenvalue weighted by Crippen LogP contribution is 2.37. The van der Waals surface area contributed by atoms with Gasteiger partial charge >= 0.3 is 0 Å². The Hall–Kier alpha value is -3.97. The Morgan fingerprint density at radius 2 is 1.78 bits per heavy atom. The Labute approximate surface area is 221 Å². The van der Waals surface area contributed by atoms with Crippen molar-refractivity contribution >= 4 is 23.2 Å². The van der Waals surface area contributed by atoms with E-state index in [1.165, 1.54) is 16.9 Å². The van der Waals surface area contributed by atoms with Crippen molar-refractivity contribution in [1.82, 2.24) is 14.8 Å². The molecule has 1 atom stereocenters. The smallest absolute Gasteiger partial charge is 0.273 e. The summed E-state index contributed by atoms with van der Waals surface area (Å²) < 4.78 is 6.11. The molecule has 188 valence electrons. The number of rotatable bonds is 7. The molecule has 0 N–H and O–H groups in total. The molecule has 0 aliphatic carbocycles. The fourth-order valence-corrected chi connectivity index (χ4v) is 5.44. The van der Waals surface area contributed by atoms with Crippen LogP contribution in [0.1, 0.15) is 50.7 Å². The standard InChI is InChI=1S/C30H29N3O3S/c1-21(34)33-16-15-23-13-14-25(17-26(23)29(33)24-11-7-4-8-12-24)36-19-28-31-27(20-37-28)30(35)32(2)18-22-9-5-3-6-10-22/h3-14,17,20,29H,15-16,18-19H2,1-2H3/t29-/m0/s1. The maximum Gasteiger partial charge on any atom is 0.273 e. The van der Waals surface area contributed by atoms with Gasteiger partial charge in [-0.05, 0) is 40.8 Å². The van der Waals surface area contributed by atoms with Crippen LogP contribution < -0.4 is 4.74 Å². The van der Waals surface area contributed by atoms with Gasteiger partial charge in [-0.25, -0.2) is 4.98 Å². The van der Waals surface area contributed by atoms with Crippen LogP contribution in [0.25, 0.3) is 0 Å². The first-order valence-corrected chi connectivity index (χ1v) is 13.2. The summed E-state index contributed by atoms with van der Waals surface area (Å²) in [5, 5.41) is 2.52. The van der Waals surface area contributed by atoms with E-state index in [1.807, 2.05) is 65.6 Å². The van der Waals surface area contributed by atoms with Gasteiger partial charge in [0, 0.05) is 32.4 Å². The zero-order valence-electron chi connectivity index (χ0n) is 21.0. The van der Waals surface area contributed by atoms with Crippen molar-refractivity contribution in [3.63, 3.8) is 0 Å². The molecule has 2 amide bonds. The highest BCUT2D eigenvalue weighted by atomic mass is 32.1. The van der Waals surface area contributed by atoms with Crippen molar-refractivity contribution in [3.8, 4) is 5.75 Å². The number of fused-ring (bicyclic) bond motifs is 1. The van der Waals surface area contributed by atoms with Crippen LogP contribution in [0.5, 0.6) is 5.75 Å². The average molecular weight is 512 g/mol. The van der Waals surface area contributed by atoms with Gasteiger partial charge in [-0.3, -0.25) is 9.59 Å². The van der Waals surface area contributed by atoms with Gasteiger partial charge in [-0.1, -0.05) is 66.7 Å². The van der Waals surface area contributed by atoms with Crippen molar-refractivity contribution in [2.45, 2.75) is 32.5 Å². The van der Waals surface area contributed by atoms with Gasteiger partial charge in [-0.2, -0.15) is 0 Å². The molecule has 4 aromatic rings. The predicted octanol–water partition coefficient (Wildman–Crippen LogP) is 5.49. The second-order valence-corrected chi connectivity index (χ2v) is 10.1. The van der Waals surface area contributed by atoms with Gasteiger partial charge in [0.05, 0.1) is 6.04 Å². The van der Waals surface area contributed by atoms with Crippen molar-refractivity contribution in [2.24, 2.45) is 0 Å². The first-order valence-electron chi connectivity index (χ1n) is 12.3. The van der Waals surface area contributed by atoms with Crippen molar-refractivity contribution in [1.29, 1.82) is 0 Å². The van der Waals surface area contributed by atoms with Crippen molar-refractivity contribution < 1.29 is 14.3 Å². The first kappa shape index (κ1) is 24.7. The molecule has 37 heavy (non-hydrogen) atoms. The molecule has 2 heterocycles. The normalized spacial score (nSPS) is 14.6. The third-order valence-electron chi connectivity index (χ3n) is 6.61. The van der Waals surface area contributed by atoms with Gasteiger partial charge in [0.15, 0.2) is 0 Å². The quantitative estimate of drug-likeness (QED) is 0.329. The molecule has 3 aromatic carbocycles. The molecule has 1 aliphatic heterocycles. The lowest BCUT2D eigenvalue weighted by molar-refractivity contribution is -0.130. The molecular weight excluding hydrogens is 482 g/mol. The summed E-state index contributed by atoms with van der Waals surface area (Å²) in [6.45, 7) is 3.11. The summed E-state index contributed by atoms with van der Waals surface area (Å²) >= 11 is 1.41. The maximum absolute atomic E-state index is 12.9. The fourth-order valence-electron chi connectivity index (χ4n) is 4.76. The van der Waals surface area contributed by atoms with Crippen molar-refractivity contribution in [2.75, 3.05) is 13.6 Å². The molecule has 7 heteroatoms. The minimum Gasteiger partial charge on any atom is -0.486 e. The van der Waals surface area contributed by atoms with Crippen LogP contribution >= 0.6 is 11.3 Å². The molecule has 0 unspecified atom stereocenters. The monoisotopic (exact) mass is 511 g/mol. The highest BCUT2D eigenvalue weighted by molar-refractivity contribution is 7.09. The van der Waals surface area contributed by atoms with E-state index >= 15 is 0 Å². The van der Waals surface area contributed by atoms with E-state index < -0.39 is 0 Å². The molecule has 0 saturated carbocycles. The van der Waals surface area contributed by atoms with Gasteiger partial charge in [0.25, 0.3) is 5.91 Å². The minimum absolute atomic E-state index is 0.0584. The SMILES string of the molecule is CC(=O)N1CCc2ccc(OCc3nc(C(=O)N(C)Cc4ccccc4)cs3)cc2[C@@H]1c1ccccc1. The molecule has 1 aromatic heterocycles. The van der Waals surface area contributed by atoms with Gasteiger partial charge in [0.2, 0.25) is 5.91 Å². The van der Waals surface area contributed by atoms with E-state index in [2.05, 4.69) is 23.2 Å². The van der Waals surface area contributed by atoms with Crippen LogP contribution in [0.15, 0.2) is 84.2 Å². The Bertz CT molecular complexity index is 1390. The molecule has 6 nitrogen and oxygen atoms in total. The third-order valence-corrected chi connectivity index (χ3v) is 7.43. The number of aromatic nitrogens is 1. The zero-order valence-corrected chi connectivity index (χ0v) is 21.8. The Morgan fingerprint density at radius 3 is 2.51 bits per heavy atom. The molecule has 0 spiro atoms. The lowest BCUT2D eigenvalue weighted by Gasteiger charge is -2.37. The molecule has 0 saturated heterocycles. The lowest BCUT2D eigenvalue weighted by atomic mass is 9.88. The number of hydrogen-bond acceptors (Lipinski definition) is 5. The van der Waals surface area contributed by atoms with Gasteiger partial charge in [-0.15, -0.1) is 11.3 Å². The number of carbonyl (C=O) groups excluding carboxylic acids is 2. The summed E-state index contributed by atoms with van der Waals surface area (Å²) in [4.78, 5) is 33.4. The van der Waals surface area contributed by atoms with Gasteiger partial charge in [0.1, 0.15) is 23.1 Å². The molecule has 0 fully saturated rings. The van der Waals surface area contributed by atoms with E-state index in [-0.39, 0.29) is 24.5 Å². The van der Waals surface area contributed by atoms with Crippen LogP contribution in [0.3, 0.4) is 0 Å². The van der Waals surface area contributed by atoms with Crippen molar-refractivity contribution in [3.05, 3.63) is 117 Å². The third kappa shape index (κ3) is 5.57. The maximum atomic E-state index is 12.9. The molecule has 1 aliphatic rings. The number of benzene rings is 3. The molecular formula is C30H29N3O3S.